The highest BCUT2D eigenvalue weighted by Crippen LogP contribution is 2.39. The summed E-state index contributed by atoms with van der Waals surface area (Å²) in [5.41, 5.74) is 2.32. The third kappa shape index (κ3) is 6.28. The van der Waals surface area contributed by atoms with Crippen molar-refractivity contribution in [1.82, 2.24) is 25.1 Å². The average Bonchev–Trinajstić information content (AvgIpc) is 3.78. The molecule has 2 unspecified atom stereocenters. The van der Waals surface area contributed by atoms with E-state index in [1.807, 2.05) is 23.7 Å². The standard InChI is InChI=1S/C29H34N6O5S/c1-19-15-26(34-35(19)28-9-5-6-14-39-28)32-21-10-13-23(25(16-21)41(37,38)22-11-12-22)24-17-27(31-18-30-24)40-29(36)33-20-7-3-2-4-8-20/h2-3,10,13,15-18,20,22,28H,4-9,11-12,14H2,1H3,(H,32,34)(H,33,36). The first-order valence-corrected chi connectivity index (χ1v) is 15.7. The van der Waals surface area contributed by atoms with E-state index in [-0.39, 0.29) is 23.0 Å². The van der Waals surface area contributed by atoms with Crippen molar-refractivity contribution in [2.45, 2.75) is 80.7 Å². The second-order valence-corrected chi connectivity index (χ2v) is 13.0. The minimum Gasteiger partial charge on any atom is -0.391 e. The summed E-state index contributed by atoms with van der Waals surface area (Å²) >= 11 is 0. The van der Waals surface area contributed by atoms with Crippen LogP contribution in [0.4, 0.5) is 16.3 Å². The molecule has 1 aromatic carbocycles. The van der Waals surface area contributed by atoms with Crippen LogP contribution in [0.25, 0.3) is 11.3 Å². The summed E-state index contributed by atoms with van der Waals surface area (Å²) in [5, 5.41) is 10.4. The molecule has 0 spiro atoms. The fraction of sp³-hybridized carbons (Fsp3) is 0.448. The van der Waals surface area contributed by atoms with Gasteiger partial charge in [-0.3, -0.25) is 0 Å². The fourth-order valence-corrected chi connectivity index (χ4v) is 7.15. The van der Waals surface area contributed by atoms with Crippen LogP contribution in [0.15, 0.2) is 53.7 Å². The molecule has 2 N–H and O–H groups in total. The van der Waals surface area contributed by atoms with Crippen LogP contribution >= 0.6 is 0 Å². The number of rotatable bonds is 8. The van der Waals surface area contributed by atoms with Gasteiger partial charge in [0.25, 0.3) is 0 Å². The number of nitrogens with zero attached hydrogens (tertiary/aromatic N) is 4. The Morgan fingerprint density at radius 2 is 1.95 bits per heavy atom. The van der Waals surface area contributed by atoms with E-state index in [1.54, 1.807) is 18.2 Å². The Balaban J connectivity index is 1.25. The van der Waals surface area contributed by atoms with Gasteiger partial charge < -0.3 is 20.1 Å². The van der Waals surface area contributed by atoms with Gasteiger partial charge in [0.15, 0.2) is 21.9 Å². The van der Waals surface area contributed by atoms with Gasteiger partial charge in [-0.25, -0.2) is 27.9 Å². The van der Waals surface area contributed by atoms with Gasteiger partial charge in [0.05, 0.1) is 15.8 Å². The zero-order valence-electron chi connectivity index (χ0n) is 23.0. The van der Waals surface area contributed by atoms with Gasteiger partial charge in [0.1, 0.15) is 6.33 Å². The van der Waals surface area contributed by atoms with E-state index in [0.717, 1.165) is 50.8 Å². The number of aromatic nitrogens is 4. The van der Waals surface area contributed by atoms with Crippen LogP contribution in [0, 0.1) is 6.92 Å². The molecule has 0 bridgehead atoms. The number of allylic oxidation sites excluding steroid dienone is 1. The predicted molar refractivity (Wildman–Crippen MR) is 153 cm³/mol. The maximum Gasteiger partial charge on any atom is 0.414 e. The van der Waals surface area contributed by atoms with Crippen molar-refractivity contribution in [3.8, 4) is 17.1 Å². The number of carbonyl (C=O) groups excluding carboxylic acids is 1. The van der Waals surface area contributed by atoms with Crippen LogP contribution in [0.3, 0.4) is 0 Å². The number of aryl methyl sites for hydroxylation is 1. The smallest absolute Gasteiger partial charge is 0.391 e. The Bertz CT molecular complexity index is 1560. The lowest BCUT2D eigenvalue weighted by atomic mass is 10.0. The SMILES string of the molecule is Cc1cc(Nc2ccc(-c3cc(OC(=O)NC4CC=CCC4)ncn3)c(S(=O)(=O)C3CC3)c2)nn1C1CCCCO1. The second-order valence-electron chi connectivity index (χ2n) is 10.8. The molecular formula is C29H34N6O5S. The fourth-order valence-electron chi connectivity index (χ4n) is 5.27. The van der Waals surface area contributed by atoms with Crippen molar-refractivity contribution < 1.29 is 22.7 Å². The minimum atomic E-state index is -3.61. The molecular weight excluding hydrogens is 544 g/mol. The van der Waals surface area contributed by atoms with Gasteiger partial charge in [-0.2, -0.15) is 5.10 Å². The number of amides is 1. The summed E-state index contributed by atoms with van der Waals surface area (Å²) in [6.07, 6.45) is 11.5. The van der Waals surface area contributed by atoms with E-state index < -0.39 is 21.2 Å². The average molecular weight is 579 g/mol. The van der Waals surface area contributed by atoms with Gasteiger partial charge in [-0.15, -0.1) is 0 Å². The summed E-state index contributed by atoms with van der Waals surface area (Å²) in [6.45, 7) is 2.69. The Labute approximate surface area is 239 Å². The summed E-state index contributed by atoms with van der Waals surface area (Å²) in [6, 6.07) is 8.55. The number of ether oxygens (including phenoxy) is 2. The van der Waals surface area contributed by atoms with E-state index >= 15 is 0 Å². The van der Waals surface area contributed by atoms with Crippen LogP contribution in [-0.4, -0.2) is 52.2 Å². The van der Waals surface area contributed by atoms with E-state index in [9.17, 15) is 13.2 Å². The predicted octanol–water partition coefficient (Wildman–Crippen LogP) is 5.22. The van der Waals surface area contributed by atoms with Crippen LogP contribution in [0.1, 0.15) is 63.3 Å². The lowest BCUT2D eigenvalue weighted by molar-refractivity contribution is -0.0404. The Morgan fingerprint density at radius 1 is 1.07 bits per heavy atom. The van der Waals surface area contributed by atoms with Crippen LogP contribution in [-0.2, 0) is 14.6 Å². The molecule has 3 aromatic rings. The molecule has 0 radical (unpaired) electrons. The zero-order valence-corrected chi connectivity index (χ0v) is 23.8. The van der Waals surface area contributed by atoms with Crippen molar-refractivity contribution in [2.75, 3.05) is 11.9 Å². The molecule has 11 nitrogen and oxygen atoms in total. The summed E-state index contributed by atoms with van der Waals surface area (Å²) < 4.78 is 40.3. The number of hydrogen-bond acceptors (Lipinski definition) is 9. The van der Waals surface area contributed by atoms with Gasteiger partial charge in [-0.05, 0) is 76.5 Å². The number of carbonyl (C=O) groups is 1. The molecule has 2 aliphatic carbocycles. The molecule has 2 aromatic heterocycles. The molecule has 216 valence electrons. The van der Waals surface area contributed by atoms with Gasteiger partial charge in [-0.1, -0.05) is 12.2 Å². The van der Waals surface area contributed by atoms with Crippen molar-refractivity contribution in [3.63, 3.8) is 0 Å². The number of nitrogens with one attached hydrogen (secondary N) is 2. The topological polar surface area (TPSA) is 137 Å². The van der Waals surface area contributed by atoms with Gasteiger partial charge in [0, 0.05) is 41.7 Å². The Kier molecular flexibility index (Phi) is 7.76. The number of benzene rings is 1. The molecule has 1 aliphatic heterocycles. The third-order valence-corrected chi connectivity index (χ3v) is 9.88. The highest BCUT2D eigenvalue weighted by atomic mass is 32.2. The first-order chi connectivity index (χ1) is 19.9. The summed E-state index contributed by atoms with van der Waals surface area (Å²) in [7, 11) is -3.61. The first kappa shape index (κ1) is 27.4. The van der Waals surface area contributed by atoms with Gasteiger partial charge >= 0.3 is 6.09 Å². The van der Waals surface area contributed by atoms with E-state index in [2.05, 4.69) is 31.8 Å². The van der Waals surface area contributed by atoms with Gasteiger partial charge in [0.2, 0.25) is 5.88 Å². The quantitative estimate of drug-likeness (QED) is 0.344. The lowest BCUT2D eigenvalue weighted by Gasteiger charge is -2.23. The zero-order chi connectivity index (χ0) is 28.4. The first-order valence-electron chi connectivity index (χ1n) is 14.2. The van der Waals surface area contributed by atoms with Crippen molar-refractivity contribution in [1.29, 1.82) is 0 Å². The molecule has 12 heteroatoms. The number of hydrogen-bond donors (Lipinski definition) is 2. The molecule has 1 saturated heterocycles. The molecule has 1 saturated carbocycles. The van der Waals surface area contributed by atoms with E-state index in [0.29, 0.717) is 35.6 Å². The second kappa shape index (κ2) is 11.6. The van der Waals surface area contributed by atoms with Crippen LogP contribution in [0.2, 0.25) is 0 Å². The largest absolute Gasteiger partial charge is 0.414 e. The maximum atomic E-state index is 13.5. The van der Waals surface area contributed by atoms with Crippen LogP contribution < -0.4 is 15.4 Å². The number of anilines is 2. The third-order valence-electron chi connectivity index (χ3n) is 7.58. The molecule has 6 rings (SSSR count). The summed E-state index contributed by atoms with van der Waals surface area (Å²) in [5.74, 6) is 0.651. The highest BCUT2D eigenvalue weighted by Gasteiger charge is 2.38. The maximum absolute atomic E-state index is 13.5. The highest BCUT2D eigenvalue weighted by molar-refractivity contribution is 7.92. The lowest BCUT2D eigenvalue weighted by Crippen LogP contribution is -2.37. The van der Waals surface area contributed by atoms with Crippen molar-refractivity contribution in [2.24, 2.45) is 0 Å². The Morgan fingerprint density at radius 3 is 2.71 bits per heavy atom. The molecule has 3 heterocycles. The number of sulfone groups is 1. The van der Waals surface area contributed by atoms with Crippen molar-refractivity contribution >= 4 is 27.4 Å². The van der Waals surface area contributed by atoms with Crippen LogP contribution in [0.5, 0.6) is 5.88 Å². The molecule has 2 atom stereocenters. The molecule has 1 amide bonds. The van der Waals surface area contributed by atoms with E-state index in [4.69, 9.17) is 9.47 Å². The molecule has 3 aliphatic rings. The Hall–Kier alpha value is -3.77. The minimum absolute atomic E-state index is 0.00881. The van der Waals surface area contributed by atoms with Crippen molar-refractivity contribution in [3.05, 3.63) is 54.5 Å². The molecule has 41 heavy (non-hydrogen) atoms. The summed E-state index contributed by atoms with van der Waals surface area (Å²) in [4.78, 5) is 21.0. The molecule has 2 fully saturated rings. The van der Waals surface area contributed by atoms with E-state index in [1.165, 1.54) is 12.4 Å². The monoisotopic (exact) mass is 578 g/mol. The normalized spacial score (nSPS) is 20.9.